The van der Waals surface area contributed by atoms with Crippen LogP contribution in [0.2, 0.25) is 0 Å². The second kappa shape index (κ2) is 7.24. The van der Waals surface area contributed by atoms with Gasteiger partial charge in [-0.2, -0.15) is 5.10 Å². The van der Waals surface area contributed by atoms with Crippen LogP contribution >= 0.6 is 12.4 Å². The van der Waals surface area contributed by atoms with Crippen LogP contribution in [-0.2, 0) is 4.79 Å². The monoisotopic (exact) mass is 246 g/mol. The third kappa shape index (κ3) is 4.20. The van der Waals surface area contributed by atoms with Crippen LogP contribution in [0.1, 0.15) is 32.7 Å². The summed E-state index contributed by atoms with van der Waals surface area (Å²) in [5.74, 6) is 0.731. The maximum Gasteiger partial charge on any atom is 0.225 e. The molecule has 0 aliphatic rings. The predicted molar refractivity (Wildman–Crippen MR) is 66.8 cm³/mol. The Bertz CT molecular complexity index is 324. The Balaban J connectivity index is 0.00000225. The molecule has 0 aromatic carbocycles. The van der Waals surface area contributed by atoms with Crippen molar-refractivity contribution in [3.05, 3.63) is 12.3 Å². The Morgan fingerprint density at radius 2 is 2.31 bits per heavy atom. The summed E-state index contributed by atoms with van der Waals surface area (Å²) in [4.78, 5) is 11.4. The smallest absolute Gasteiger partial charge is 0.225 e. The van der Waals surface area contributed by atoms with Crippen molar-refractivity contribution < 1.29 is 4.79 Å². The minimum atomic E-state index is -0.0112. The summed E-state index contributed by atoms with van der Waals surface area (Å²) in [6, 6.07) is 2.03. The number of hydrogen-bond acceptors (Lipinski definition) is 3. The van der Waals surface area contributed by atoms with Crippen LogP contribution in [0.25, 0.3) is 0 Å². The molecule has 92 valence electrons. The van der Waals surface area contributed by atoms with Crippen molar-refractivity contribution in [2.75, 3.05) is 11.9 Å². The topological polar surface area (TPSA) is 72.9 Å². The van der Waals surface area contributed by atoms with E-state index in [-0.39, 0.29) is 24.4 Å². The number of carbonyl (C=O) groups excluding carboxylic acids is 1. The Hall–Kier alpha value is -1.07. The Morgan fingerprint density at radius 1 is 1.62 bits per heavy atom. The number of aromatic nitrogens is 2. The van der Waals surface area contributed by atoms with E-state index >= 15 is 0 Å². The molecule has 0 atom stereocenters. The molecule has 16 heavy (non-hydrogen) atoms. The normalized spacial score (nSPS) is 10.0. The number of nitrogens with two attached hydrogens (primary N) is 1. The molecule has 5 nitrogen and oxygen atoms in total. The summed E-state index contributed by atoms with van der Waals surface area (Å²) in [5.41, 5.74) is 5.33. The number of halogens is 1. The van der Waals surface area contributed by atoms with Crippen molar-refractivity contribution in [3.63, 3.8) is 0 Å². The molecule has 0 spiro atoms. The minimum absolute atomic E-state index is 0. The van der Waals surface area contributed by atoms with Gasteiger partial charge >= 0.3 is 0 Å². The summed E-state index contributed by atoms with van der Waals surface area (Å²) in [6.07, 6.45) is 2.85. The molecule has 0 saturated carbocycles. The molecule has 1 amide bonds. The van der Waals surface area contributed by atoms with Crippen LogP contribution in [0.4, 0.5) is 5.82 Å². The van der Waals surface area contributed by atoms with Gasteiger partial charge in [-0.05, 0) is 26.8 Å². The third-order valence-corrected chi connectivity index (χ3v) is 2.03. The lowest BCUT2D eigenvalue weighted by Gasteiger charge is -2.11. The Morgan fingerprint density at radius 3 is 2.88 bits per heavy atom. The second-order valence-electron chi connectivity index (χ2n) is 3.70. The van der Waals surface area contributed by atoms with Crippen LogP contribution in [0.3, 0.4) is 0 Å². The van der Waals surface area contributed by atoms with Crippen molar-refractivity contribution in [1.29, 1.82) is 0 Å². The Kier molecular flexibility index (Phi) is 6.76. The van der Waals surface area contributed by atoms with Crippen molar-refractivity contribution in [3.8, 4) is 0 Å². The zero-order valence-corrected chi connectivity index (χ0v) is 10.5. The first-order valence-corrected chi connectivity index (χ1v) is 5.18. The summed E-state index contributed by atoms with van der Waals surface area (Å²) in [5, 5.41) is 6.94. The number of rotatable bonds is 5. The maximum atomic E-state index is 11.4. The molecule has 0 radical (unpaired) electrons. The van der Waals surface area contributed by atoms with E-state index in [9.17, 15) is 4.79 Å². The third-order valence-electron chi connectivity index (χ3n) is 2.03. The first kappa shape index (κ1) is 14.9. The molecule has 0 bridgehead atoms. The van der Waals surface area contributed by atoms with Gasteiger partial charge in [0.1, 0.15) is 5.82 Å². The number of hydrogen-bond donors (Lipinski definition) is 2. The van der Waals surface area contributed by atoms with E-state index in [0.717, 1.165) is 5.82 Å². The van der Waals surface area contributed by atoms with Gasteiger partial charge in [0, 0.05) is 18.5 Å². The van der Waals surface area contributed by atoms with E-state index in [1.165, 1.54) is 0 Å². The molecule has 1 aromatic heterocycles. The lowest BCUT2D eigenvalue weighted by Crippen LogP contribution is -2.17. The van der Waals surface area contributed by atoms with E-state index in [4.69, 9.17) is 5.73 Å². The summed E-state index contributed by atoms with van der Waals surface area (Å²) >= 11 is 0. The highest BCUT2D eigenvalue weighted by atomic mass is 35.5. The average molecular weight is 247 g/mol. The molecule has 0 unspecified atom stereocenters. The van der Waals surface area contributed by atoms with Crippen LogP contribution in [-0.4, -0.2) is 22.2 Å². The van der Waals surface area contributed by atoms with Crippen LogP contribution in [0, 0.1) is 0 Å². The standard InChI is InChI=1S/C10H18N4O.ClH/c1-8(2)14-9(5-7-12-14)13-10(15)4-3-6-11;/h5,7-8H,3-4,6,11H2,1-2H3,(H,13,15);1H. The number of amides is 1. The largest absolute Gasteiger partial charge is 0.330 e. The fraction of sp³-hybridized carbons (Fsp3) is 0.600. The maximum absolute atomic E-state index is 11.4. The van der Waals surface area contributed by atoms with Gasteiger partial charge in [-0.15, -0.1) is 12.4 Å². The first-order valence-electron chi connectivity index (χ1n) is 5.18. The van der Waals surface area contributed by atoms with Gasteiger partial charge in [-0.25, -0.2) is 4.68 Å². The zero-order valence-electron chi connectivity index (χ0n) is 9.64. The molecule has 1 heterocycles. The highest BCUT2D eigenvalue weighted by Crippen LogP contribution is 2.13. The fourth-order valence-electron chi connectivity index (χ4n) is 1.29. The van der Waals surface area contributed by atoms with E-state index in [2.05, 4.69) is 10.4 Å². The summed E-state index contributed by atoms with van der Waals surface area (Å²) in [7, 11) is 0. The van der Waals surface area contributed by atoms with Gasteiger partial charge in [-0.3, -0.25) is 4.79 Å². The molecule has 3 N–H and O–H groups in total. The molecule has 6 heteroatoms. The second-order valence-corrected chi connectivity index (χ2v) is 3.70. The van der Waals surface area contributed by atoms with Crippen LogP contribution in [0.5, 0.6) is 0 Å². The summed E-state index contributed by atoms with van der Waals surface area (Å²) in [6.45, 7) is 4.57. The molecular weight excluding hydrogens is 228 g/mol. The van der Waals surface area contributed by atoms with Crippen molar-refractivity contribution in [1.82, 2.24) is 9.78 Å². The minimum Gasteiger partial charge on any atom is -0.330 e. The molecule has 1 aromatic rings. The number of nitrogens with one attached hydrogen (secondary N) is 1. The van der Waals surface area contributed by atoms with E-state index in [1.54, 1.807) is 16.9 Å². The number of carbonyl (C=O) groups is 1. The van der Waals surface area contributed by atoms with E-state index in [0.29, 0.717) is 19.4 Å². The van der Waals surface area contributed by atoms with Crippen molar-refractivity contribution in [2.45, 2.75) is 32.7 Å². The predicted octanol–water partition coefficient (Wildman–Crippen LogP) is 1.56. The lowest BCUT2D eigenvalue weighted by molar-refractivity contribution is -0.116. The molecule has 0 aliphatic carbocycles. The molecule has 1 rings (SSSR count). The highest BCUT2D eigenvalue weighted by Gasteiger charge is 2.08. The highest BCUT2D eigenvalue weighted by molar-refractivity contribution is 5.89. The van der Waals surface area contributed by atoms with Gasteiger partial charge in [0.05, 0.1) is 6.20 Å². The van der Waals surface area contributed by atoms with Crippen LogP contribution in [0.15, 0.2) is 12.3 Å². The zero-order chi connectivity index (χ0) is 11.3. The lowest BCUT2D eigenvalue weighted by atomic mass is 10.3. The Labute approximate surface area is 102 Å². The quantitative estimate of drug-likeness (QED) is 0.828. The number of anilines is 1. The number of nitrogens with zero attached hydrogens (tertiary/aromatic N) is 2. The molecular formula is C10H19ClN4O. The van der Waals surface area contributed by atoms with Crippen molar-refractivity contribution in [2.24, 2.45) is 5.73 Å². The van der Waals surface area contributed by atoms with E-state index < -0.39 is 0 Å². The fourth-order valence-corrected chi connectivity index (χ4v) is 1.29. The van der Waals surface area contributed by atoms with Gasteiger partial charge in [0.2, 0.25) is 5.91 Å². The van der Waals surface area contributed by atoms with Crippen LogP contribution < -0.4 is 11.1 Å². The molecule has 0 saturated heterocycles. The van der Waals surface area contributed by atoms with Crippen molar-refractivity contribution >= 4 is 24.1 Å². The SMILES string of the molecule is CC(C)n1nccc1NC(=O)CCCN.Cl. The van der Waals surface area contributed by atoms with E-state index in [1.807, 2.05) is 13.8 Å². The van der Waals surface area contributed by atoms with Gasteiger partial charge < -0.3 is 11.1 Å². The van der Waals surface area contributed by atoms with Gasteiger partial charge in [0.25, 0.3) is 0 Å². The first-order chi connectivity index (χ1) is 7.15. The average Bonchev–Trinajstić information content (AvgIpc) is 2.62. The van der Waals surface area contributed by atoms with Gasteiger partial charge in [-0.1, -0.05) is 0 Å². The molecule has 0 fully saturated rings. The molecule has 0 aliphatic heterocycles. The summed E-state index contributed by atoms with van der Waals surface area (Å²) < 4.78 is 1.78. The van der Waals surface area contributed by atoms with Gasteiger partial charge in [0.15, 0.2) is 0 Å².